The molecule has 16 heavy (non-hydrogen) atoms. The highest BCUT2D eigenvalue weighted by Crippen LogP contribution is 2.52. The molecule has 0 radical (unpaired) electrons. The van der Waals surface area contributed by atoms with Gasteiger partial charge < -0.3 is 5.11 Å². The second kappa shape index (κ2) is 4.37. The summed E-state index contributed by atoms with van der Waals surface area (Å²) in [6.45, 7) is 10.9. The van der Waals surface area contributed by atoms with Gasteiger partial charge in [-0.2, -0.15) is 0 Å². The summed E-state index contributed by atoms with van der Waals surface area (Å²) >= 11 is 0. The Bertz CT molecular complexity index is 313. The zero-order valence-corrected chi connectivity index (χ0v) is 10.7. The van der Waals surface area contributed by atoms with Crippen LogP contribution in [0.2, 0.25) is 0 Å². The van der Waals surface area contributed by atoms with Crippen LogP contribution in [0, 0.1) is 23.7 Å². The van der Waals surface area contributed by atoms with E-state index in [-0.39, 0.29) is 6.10 Å². The van der Waals surface area contributed by atoms with E-state index in [1.165, 1.54) is 17.6 Å². The lowest BCUT2D eigenvalue weighted by molar-refractivity contribution is 0.201. The van der Waals surface area contributed by atoms with Gasteiger partial charge in [0.15, 0.2) is 0 Å². The van der Waals surface area contributed by atoms with Crippen molar-refractivity contribution in [3.63, 3.8) is 0 Å². The highest BCUT2D eigenvalue weighted by atomic mass is 16.3. The van der Waals surface area contributed by atoms with Crippen LogP contribution in [0.5, 0.6) is 0 Å². The van der Waals surface area contributed by atoms with Crippen LogP contribution in [0.15, 0.2) is 23.8 Å². The monoisotopic (exact) mass is 220 g/mol. The maximum Gasteiger partial charge on any atom is 0.0759 e. The fourth-order valence-corrected chi connectivity index (χ4v) is 3.79. The average Bonchev–Trinajstić information content (AvgIpc) is 2.55. The number of hydrogen-bond donors (Lipinski definition) is 1. The number of aliphatic hydroxyl groups excluding tert-OH is 1. The topological polar surface area (TPSA) is 20.2 Å². The molecule has 0 aromatic carbocycles. The summed E-state index contributed by atoms with van der Waals surface area (Å²) in [5, 5.41) is 10.1. The molecular weight excluding hydrogens is 196 g/mol. The minimum atomic E-state index is -0.212. The Morgan fingerprint density at radius 2 is 2.12 bits per heavy atom. The molecule has 0 amide bonds. The van der Waals surface area contributed by atoms with Crippen LogP contribution in [-0.2, 0) is 0 Å². The van der Waals surface area contributed by atoms with Crippen molar-refractivity contribution in [1.82, 2.24) is 0 Å². The molecule has 2 aliphatic carbocycles. The summed E-state index contributed by atoms with van der Waals surface area (Å²) < 4.78 is 0. The predicted molar refractivity (Wildman–Crippen MR) is 68.1 cm³/mol. The number of allylic oxidation sites excluding steroid dienone is 2. The zero-order chi connectivity index (χ0) is 11.9. The highest BCUT2D eigenvalue weighted by molar-refractivity contribution is 5.27. The molecule has 90 valence electrons. The van der Waals surface area contributed by atoms with Crippen LogP contribution in [0.25, 0.3) is 0 Å². The summed E-state index contributed by atoms with van der Waals surface area (Å²) in [4.78, 5) is 0. The van der Waals surface area contributed by atoms with E-state index in [4.69, 9.17) is 0 Å². The first kappa shape index (κ1) is 11.9. The molecule has 1 N–H and O–H groups in total. The fraction of sp³-hybridized carbons (Fsp3) is 0.733. The molecule has 0 bridgehead atoms. The van der Waals surface area contributed by atoms with Gasteiger partial charge in [-0.15, -0.1) is 0 Å². The van der Waals surface area contributed by atoms with Crippen molar-refractivity contribution >= 4 is 0 Å². The lowest BCUT2D eigenvalue weighted by Crippen LogP contribution is -2.30. The lowest BCUT2D eigenvalue weighted by Gasteiger charge is -2.38. The third-order valence-corrected chi connectivity index (χ3v) is 4.65. The third-order valence-electron chi connectivity index (χ3n) is 4.65. The van der Waals surface area contributed by atoms with Gasteiger partial charge in [-0.25, -0.2) is 0 Å². The van der Waals surface area contributed by atoms with Crippen LogP contribution in [0.3, 0.4) is 0 Å². The van der Waals surface area contributed by atoms with Gasteiger partial charge in [0.2, 0.25) is 0 Å². The SMILES string of the molecule is C=C1CCC(C(C)C)C2C(=CC)C(O)CC12. The van der Waals surface area contributed by atoms with Crippen LogP contribution in [0.1, 0.15) is 40.0 Å². The van der Waals surface area contributed by atoms with E-state index in [0.717, 1.165) is 18.8 Å². The number of fused-ring (bicyclic) bond motifs is 1. The Balaban J connectivity index is 2.32. The van der Waals surface area contributed by atoms with Gasteiger partial charge in [-0.1, -0.05) is 32.1 Å². The first-order valence-corrected chi connectivity index (χ1v) is 6.58. The maximum absolute atomic E-state index is 10.1. The molecule has 1 heteroatoms. The van der Waals surface area contributed by atoms with Gasteiger partial charge >= 0.3 is 0 Å². The van der Waals surface area contributed by atoms with E-state index in [1.807, 2.05) is 0 Å². The predicted octanol–water partition coefficient (Wildman–Crippen LogP) is 3.55. The highest BCUT2D eigenvalue weighted by Gasteiger charge is 2.45. The van der Waals surface area contributed by atoms with Gasteiger partial charge in [0.05, 0.1) is 6.10 Å². The normalized spacial score (nSPS) is 41.8. The van der Waals surface area contributed by atoms with Crippen LogP contribution in [0.4, 0.5) is 0 Å². The molecule has 2 saturated carbocycles. The molecule has 4 atom stereocenters. The first-order valence-electron chi connectivity index (χ1n) is 6.58. The smallest absolute Gasteiger partial charge is 0.0759 e. The van der Waals surface area contributed by atoms with E-state index < -0.39 is 0 Å². The molecule has 0 aliphatic heterocycles. The van der Waals surface area contributed by atoms with Crippen molar-refractivity contribution < 1.29 is 5.11 Å². The lowest BCUT2D eigenvalue weighted by atomic mass is 9.66. The molecule has 0 heterocycles. The van der Waals surface area contributed by atoms with Crippen molar-refractivity contribution in [2.24, 2.45) is 23.7 Å². The van der Waals surface area contributed by atoms with E-state index >= 15 is 0 Å². The van der Waals surface area contributed by atoms with Crippen LogP contribution < -0.4 is 0 Å². The van der Waals surface area contributed by atoms with Gasteiger partial charge in [-0.05, 0) is 55.4 Å². The van der Waals surface area contributed by atoms with E-state index in [9.17, 15) is 5.11 Å². The molecule has 0 spiro atoms. The Morgan fingerprint density at radius 1 is 1.44 bits per heavy atom. The van der Waals surface area contributed by atoms with Crippen LogP contribution in [-0.4, -0.2) is 11.2 Å². The molecular formula is C15H24O. The van der Waals surface area contributed by atoms with Crippen molar-refractivity contribution in [2.75, 3.05) is 0 Å². The van der Waals surface area contributed by atoms with Gasteiger partial charge in [0, 0.05) is 0 Å². The van der Waals surface area contributed by atoms with E-state index in [2.05, 4.69) is 33.4 Å². The van der Waals surface area contributed by atoms with Gasteiger partial charge in [0.25, 0.3) is 0 Å². The summed E-state index contributed by atoms with van der Waals surface area (Å²) in [5.41, 5.74) is 2.65. The number of rotatable bonds is 1. The van der Waals surface area contributed by atoms with Crippen molar-refractivity contribution in [2.45, 2.75) is 46.1 Å². The fourth-order valence-electron chi connectivity index (χ4n) is 3.79. The van der Waals surface area contributed by atoms with Gasteiger partial charge in [0.1, 0.15) is 0 Å². The minimum Gasteiger partial charge on any atom is -0.389 e. The van der Waals surface area contributed by atoms with Gasteiger partial charge in [-0.3, -0.25) is 0 Å². The molecule has 2 fully saturated rings. The van der Waals surface area contributed by atoms with Crippen molar-refractivity contribution in [3.8, 4) is 0 Å². The standard InChI is InChI=1S/C15H24O/c1-5-11-14(16)8-13-10(4)6-7-12(9(2)3)15(11)13/h5,9,12-16H,4,6-8H2,1-3H3. The van der Waals surface area contributed by atoms with E-state index in [1.54, 1.807) is 0 Å². The molecule has 0 aromatic heterocycles. The minimum absolute atomic E-state index is 0.212. The van der Waals surface area contributed by atoms with Crippen LogP contribution >= 0.6 is 0 Å². The second-order valence-corrected chi connectivity index (χ2v) is 5.78. The van der Waals surface area contributed by atoms with Crippen molar-refractivity contribution in [3.05, 3.63) is 23.8 Å². The largest absolute Gasteiger partial charge is 0.389 e. The first-order chi connectivity index (χ1) is 7.56. The van der Waals surface area contributed by atoms with E-state index in [0.29, 0.717) is 17.8 Å². The summed E-state index contributed by atoms with van der Waals surface area (Å²) in [6, 6.07) is 0. The van der Waals surface area contributed by atoms with Crippen molar-refractivity contribution in [1.29, 1.82) is 0 Å². The molecule has 2 rings (SSSR count). The molecule has 2 aliphatic rings. The molecule has 4 unspecified atom stereocenters. The molecule has 0 aromatic rings. The number of aliphatic hydroxyl groups is 1. The summed E-state index contributed by atoms with van der Waals surface area (Å²) in [6.07, 6.45) is 5.25. The Kier molecular flexibility index (Phi) is 3.25. The molecule has 1 nitrogen and oxygen atoms in total. The summed E-state index contributed by atoms with van der Waals surface area (Å²) in [5.74, 6) is 2.56. The Hall–Kier alpha value is -0.560. The maximum atomic E-state index is 10.1. The quantitative estimate of drug-likeness (QED) is 0.670. The summed E-state index contributed by atoms with van der Waals surface area (Å²) in [7, 11) is 0. The second-order valence-electron chi connectivity index (χ2n) is 5.78. The Labute approximate surface area is 99.3 Å². The molecule has 0 saturated heterocycles. The zero-order valence-electron chi connectivity index (χ0n) is 10.7. The third kappa shape index (κ3) is 1.75. The Morgan fingerprint density at radius 3 is 2.69 bits per heavy atom. The number of hydrogen-bond acceptors (Lipinski definition) is 1. The average molecular weight is 220 g/mol.